The molecule has 2 aromatic rings. The van der Waals surface area contributed by atoms with E-state index in [4.69, 9.17) is 5.84 Å². The number of nitrogens with one attached hydrogen (secondary N) is 1. The highest BCUT2D eigenvalue weighted by atomic mass is 16.2. The zero-order chi connectivity index (χ0) is 11.4. The first kappa shape index (κ1) is 10.7. The summed E-state index contributed by atoms with van der Waals surface area (Å²) in [6.45, 7) is 0.834. The van der Waals surface area contributed by atoms with Crippen LogP contribution in [0.1, 0.15) is 12.8 Å². The Morgan fingerprint density at radius 3 is 2.94 bits per heavy atom. The van der Waals surface area contributed by atoms with Crippen LogP contribution in [-0.2, 0) is 11.3 Å². The summed E-state index contributed by atoms with van der Waals surface area (Å²) < 4.78 is 2.15. The highest BCUT2D eigenvalue weighted by molar-refractivity contribution is 5.80. The number of hydrogen-bond donors (Lipinski definition) is 2. The highest BCUT2D eigenvalue weighted by Crippen LogP contribution is 2.15. The number of benzene rings is 1. The number of nitrogens with zero attached hydrogens (tertiary/aromatic N) is 1. The molecule has 1 amide bonds. The van der Waals surface area contributed by atoms with Crippen molar-refractivity contribution in [3.63, 3.8) is 0 Å². The minimum atomic E-state index is -0.114. The lowest BCUT2D eigenvalue weighted by molar-refractivity contribution is -0.121. The molecule has 0 bridgehead atoms. The van der Waals surface area contributed by atoms with Crippen LogP contribution in [-0.4, -0.2) is 10.5 Å². The number of aryl methyl sites for hydroxylation is 1. The monoisotopic (exact) mass is 217 g/mol. The Labute approximate surface area is 94.0 Å². The maximum Gasteiger partial charge on any atom is 0.233 e. The highest BCUT2D eigenvalue weighted by Gasteiger charge is 2.01. The van der Waals surface area contributed by atoms with Crippen LogP contribution < -0.4 is 11.3 Å². The van der Waals surface area contributed by atoms with Gasteiger partial charge in [-0.1, -0.05) is 18.2 Å². The smallest absolute Gasteiger partial charge is 0.233 e. The number of para-hydroxylation sites is 1. The molecule has 1 heterocycles. The molecule has 0 aliphatic rings. The molecular formula is C12H15N3O. The van der Waals surface area contributed by atoms with E-state index in [0.717, 1.165) is 13.0 Å². The van der Waals surface area contributed by atoms with E-state index in [0.29, 0.717) is 6.42 Å². The summed E-state index contributed by atoms with van der Waals surface area (Å²) in [5, 5.41) is 1.23. The second-order valence-corrected chi connectivity index (χ2v) is 3.74. The molecule has 0 fully saturated rings. The maximum absolute atomic E-state index is 11.0. The Kier molecular flexibility index (Phi) is 3.22. The molecule has 0 unspecified atom stereocenters. The van der Waals surface area contributed by atoms with E-state index in [2.05, 4.69) is 28.2 Å². The number of amides is 1. The molecule has 0 saturated heterocycles. The molecule has 0 radical (unpaired) electrons. The van der Waals surface area contributed by atoms with E-state index in [9.17, 15) is 4.79 Å². The number of nitrogens with two attached hydrogens (primary N) is 1. The van der Waals surface area contributed by atoms with Crippen LogP contribution in [0, 0.1) is 0 Å². The van der Waals surface area contributed by atoms with Gasteiger partial charge in [0, 0.05) is 24.7 Å². The second-order valence-electron chi connectivity index (χ2n) is 3.74. The Morgan fingerprint density at radius 1 is 1.31 bits per heavy atom. The quantitative estimate of drug-likeness (QED) is 0.462. The van der Waals surface area contributed by atoms with Gasteiger partial charge in [0.25, 0.3) is 0 Å². The van der Waals surface area contributed by atoms with Crippen molar-refractivity contribution < 1.29 is 4.79 Å². The van der Waals surface area contributed by atoms with Gasteiger partial charge in [0.1, 0.15) is 0 Å². The van der Waals surface area contributed by atoms with Crippen molar-refractivity contribution in [1.82, 2.24) is 9.99 Å². The topological polar surface area (TPSA) is 60.0 Å². The molecule has 0 aliphatic carbocycles. The van der Waals surface area contributed by atoms with E-state index < -0.39 is 0 Å². The number of aromatic nitrogens is 1. The van der Waals surface area contributed by atoms with Gasteiger partial charge in [-0.2, -0.15) is 0 Å². The first-order chi connectivity index (χ1) is 7.81. The SMILES string of the molecule is NNC(=O)CCCn1ccc2ccccc21. The van der Waals surface area contributed by atoms with E-state index in [1.165, 1.54) is 10.9 Å². The van der Waals surface area contributed by atoms with Crippen molar-refractivity contribution in [2.45, 2.75) is 19.4 Å². The molecule has 4 heteroatoms. The van der Waals surface area contributed by atoms with Crippen LogP contribution in [0.3, 0.4) is 0 Å². The molecule has 0 aliphatic heterocycles. The van der Waals surface area contributed by atoms with Crippen LogP contribution >= 0.6 is 0 Å². The summed E-state index contributed by atoms with van der Waals surface area (Å²) in [4.78, 5) is 11.0. The number of hydrogen-bond acceptors (Lipinski definition) is 2. The van der Waals surface area contributed by atoms with E-state index in [1.807, 2.05) is 18.3 Å². The van der Waals surface area contributed by atoms with Crippen molar-refractivity contribution in [1.29, 1.82) is 0 Å². The van der Waals surface area contributed by atoms with Gasteiger partial charge in [-0.15, -0.1) is 0 Å². The van der Waals surface area contributed by atoms with E-state index >= 15 is 0 Å². The average molecular weight is 217 g/mol. The fourth-order valence-electron chi connectivity index (χ4n) is 1.82. The molecule has 0 spiro atoms. The van der Waals surface area contributed by atoms with Gasteiger partial charge in [0.05, 0.1) is 0 Å². The fourth-order valence-corrected chi connectivity index (χ4v) is 1.82. The van der Waals surface area contributed by atoms with Crippen molar-refractivity contribution >= 4 is 16.8 Å². The van der Waals surface area contributed by atoms with Gasteiger partial charge in [0.2, 0.25) is 5.91 Å². The predicted molar refractivity (Wildman–Crippen MR) is 63.5 cm³/mol. The molecule has 16 heavy (non-hydrogen) atoms. The second kappa shape index (κ2) is 4.81. The third-order valence-electron chi connectivity index (χ3n) is 2.64. The zero-order valence-corrected chi connectivity index (χ0v) is 9.02. The van der Waals surface area contributed by atoms with Crippen LogP contribution in [0.4, 0.5) is 0 Å². The number of hydrazine groups is 1. The Morgan fingerprint density at radius 2 is 2.12 bits per heavy atom. The van der Waals surface area contributed by atoms with Crippen LogP contribution in [0.25, 0.3) is 10.9 Å². The first-order valence-electron chi connectivity index (χ1n) is 5.34. The van der Waals surface area contributed by atoms with Crippen molar-refractivity contribution in [3.8, 4) is 0 Å². The third-order valence-corrected chi connectivity index (χ3v) is 2.64. The molecular weight excluding hydrogens is 202 g/mol. The third kappa shape index (κ3) is 2.23. The lowest BCUT2D eigenvalue weighted by atomic mass is 10.2. The molecule has 1 aromatic heterocycles. The minimum absolute atomic E-state index is 0.114. The van der Waals surface area contributed by atoms with Gasteiger partial charge in [-0.3, -0.25) is 10.2 Å². The Balaban J connectivity index is 2.02. The number of carbonyl (C=O) groups excluding carboxylic acids is 1. The fraction of sp³-hybridized carbons (Fsp3) is 0.250. The number of rotatable bonds is 4. The number of carbonyl (C=O) groups is 1. The largest absolute Gasteiger partial charge is 0.347 e. The van der Waals surface area contributed by atoms with E-state index in [1.54, 1.807) is 0 Å². The van der Waals surface area contributed by atoms with Crippen LogP contribution in [0.2, 0.25) is 0 Å². The Bertz CT molecular complexity index is 490. The summed E-state index contributed by atoms with van der Waals surface area (Å²) >= 11 is 0. The Hall–Kier alpha value is -1.81. The van der Waals surface area contributed by atoms with Crippen LogP contribution in [0.15, 0.2) is 36.5 Å². The summed E-state index contributed by atoms with van der Waals surface area (Å²) in [7, 11) is 0. The summed E-state index contributed by atoms with van der Waals surface area (Å²) in [6, 6.07) is 10.3. The molecule has 2 rings (SSSR count). The van der Waals surface area contributed by atoms with E-state index in [-0.39, 0.29) is 5.91 Å². The van der Waals surface area contributed by atoms with Gasteiger partial charge in [-0.05, 0) is 23.9 Å². The summed E-state index contributed by atoms with van der Waals surface area (Å²) in [5.74, 6) is 4.90. The standard InChI is InChI=1S/C12H15N3O/c13-14-12(16)6-3-8-15-9-7-10-4-1-2-5-11(10)15/h1-2,4-5,7,9H,3,6,8,13H2,(H,14,16). The lowest BCUT2D eigenvalue weighted by Crippen LogP contribution is -2.29. The molecule has 4 nitrogen and oxygen atoms in total. The summed E-state index contributed by atoms with van der Waals surface area (Å²) in [5.41, 5.74) is 3.34. The average Bonchev–Trinajstić information content (AvgIpc) is 2.73. The molecule has 84 valence electrons. The van der Waals surface area contributed by atoms with Crippen molar-refractivity contribution in [2.24, 2.45) is 5.84 Å². The first-order valence-corrected chi connectivity index (χ1v) is 5.34. The van der Waals surface area contributed by atoms with Crippen molar-refractivity contribution in [2.75, 3.05) is 0 Å². The molecule has 3 N–H and O–H groups in total. The molecule has 0 saturated carbocycles. The van der Waals surface area contributed by atoms with Gasteiger partial charge >= 0.3 is 0 Å². The summed E-state index contributed by atoms with van der Waals surface area (Å²) in [6.07, 6.45) is 3.30. The van der Waals surface area contributed by atoms with Crippen LogP contribution in [0.5, 0.6) is 0 Å². The number of fused-ring (bicyclic) bond motifs is 1. The maximum atomic E-state index is 11.0. The van der Waals surface area contributed by atoms with Gasteiger partial charge < -0.3 is 4.57 Å². The lowest BCUT2D eigenvalue weighted by Gasteiger charge is -2.04. The zero-order valence-electron chi connectivity index (χ0n) is 9.02. The minimum Gasteiger partial charge on any atom is -0.347 e. The molecule has 1 aromatic carbocycles. The van der Waals surface area contributed by atoms with Gasteiger partial charge in [-0.25, -0.2) is 5.84 Å². The predicted octanol–water partition coefficient (Wildman–Crippen LogP) is 1.41. The molecule has 0 atom stereocenters. The van der Waals surface area contributed by atoms with Crippen molar-refractivity contribution in [3.05, 3.63) is 36.5 Å². The normalized spacial score (nSPS) is 10.6. The van der Waals surface area contributed by atoms with Gasteiger partial charge in [0.15, 0.2) is 0 Å².